The molecule has 1 fully saturated rings. The van der Waals surface area contributed by atoms with E-state index in [1.165, 1.54) is 0 Å². The molecule has 1 N–H and O–H groups in total. The molecule has 0 bridgehead atoms. The fourth-order valence-corrected chi connectivity index (χ4v) is 3.78. The summed E-state index contributed by atoms with van der Waals surface area (Å²) in [7, 11) is 0. The van der Waals surface area contributed by atoms with Crippen molar-refractivity contribution >= 4 is 39.5 Å². The number of rotatable bonds is 4. The Labute approximate surface area is 143 Å². The van der Waals surface area contributed by atoms with Crippen molar-refractivity contribution in [2.75, 3.05) is 18.5 Å². The van der Waals surface area contributed by atoms with E-state index in [1.54, 1.807) is 11.3 Å². The Morgan fingerprint density at radius 3 is 2.78 bits per heavy atom. The van der Waals surface area contributed by atoms with E-state index >= 15 is 0 Å². The lowest BCUT2D eigenvalue weighted by molar-refractivity contribution is 0.120. The van der Waals surface area contributed by atoms with Crippen molar-refractivity contribution in [3.8, 4) is 11.3 Å². The summed E-state index contributed by atoms with van der Waals surface area (Å²) in [5.74, 6) is 0.828. The number of fused-ring (bicyclic) bond motifs is 1. The first-order valence-corrected chi connectivity index (χ1v) is 8.97. The lowest BCUT2D eigenvalue weighted by Crippen LogP contribution is -2.19. The van der Waals surface area contributed by atoms with Crippen molar-refractivity contribution < 1.29 is 4.74 Å². The van der Waals surface area contributed by atoms with E-state index in [9.17, 15) is 0 Å². The van der Waals surface area contributed by atoms with Gasteiger partial charge < -0.3 is 10.1 Å². The molecule has 6 heteroatoms. The zero-order valence-electron chi connectivity index (χ0n) is 12.5. The topological polar surface area (TPSA) is 47.0 Å². The number of anilines is 1. The Morgan fingerprint density at radius 1 is 1.17 bits per heavy atom. The van der Waals surface area contributed by atoms with Gasteiger partial charge in [0.05, 0.1) is 6.10 Å². The first-order chi connectivity index (χ1) is 11.3. The molecule has 0 radical (unpaired) electrons. The van der Waals surface area contributed by atoms with Crippen LogP contribution < -0.4 is 5.32 Å². The van der Waals surface area contributed by atoms with Crippen LogP contribution in [0.15, 0.2) is 35.0 Å². The second kappa shape index (κ2) is 6.43. The number of halogens is 1. The van der Waals surface area contributed by atoms with Gasteiger partial charge in [-0.3, -0.25) is 0 Å². The third kappa shape index (κ3) is 3.04. The summed E-state index contributed by atoms with van der Waals surface area (Å²) in [5, 5.41) is 19.4. The standard InChI is InChI=1S/C17H16ClN3OS/c18-12-5-3-11(4-6-12)16-14-9-23-10-15(14)17(21-20-16)19-8-13-2-1-7-22-13/h3-6,9-10,13H,1-2,7-8H2,(H,19,21)/t13-/m0/s1. The average molecular weight is 346 g/mol. The Balaban J connectivity index is 1.65. The van der Waals surface area contributed by atoms with Gasteiger partial charge in [0, 0.05) is 45.3 Å². The zero-order chi connectivity index (χ0) is 15.6. The quantitative estimate of drug-likeness (QED) is 0.750. The molecule has 3 aromatic rings. The van der Waals surface area contributed by atoms with Gasteiger partial charge in [-0.25, -0.2) is 0 Å². The number of nitrogens with one attached hydrogen (secondary N) is 1. The predicted octanol–water partition coefficient (Wildman–Crippen LogP) is 4.60. The summed E-state index contributed by atoms with van der Waals surface area (Å²) in [5.41, 5.74) is 1.91. The molecular weight excluding hydrogens is 330 g/mol. The minimum Gasteiger partial charge on any atom is -0.376 e. The van der Waals surface area contributed by atoms with Crippen LogP contribution in [-0.2, 0) is 4.74 Å². The Bertz CT molecular complexity index is 812. The maximum atomic E-state index is 5.97. The van der Waals surface area contributed by atoms with Crippen molar-refractivity contribution in [2.45, 2.75) is 18.9 Å². The molecule has 0 saturated carbocycles. The first kappa shape index (κ1) is 14.9. The van der Waals surface area contributed by atoms with Gasteiger partial charge in [-0.15, -0.1) is 10.2 Å². The largest absolute Gasteiger partial charge is 0.376 e. The molecule has 4 rings (SSSR count). The van der Waals surface area contributed by atoms with Gasteiger partial charge in [-0.1, -0.05) is 23.7 Å². The highest BCUT2D eigenvalue weighted by atomic mass is 35.5. The molecule has 3 heterocycles. The lowest BCUT2D eigenvalue weighted by atomic mass is 10.1. The number of ether oxygens (including phenoxy) is 1. The van der Waals surface area contributed by atoms with Gasteiger partial charge in [-0.05, 0) is 25.0 Å². The third-order valence-electron chi connectivity index (χ3n) is 4.06. The van der Waals surface area contributed by atoms with Crippen molar-refractivity contribution in [1.29, 1.82) is 0 Å². The third-order valence-corrected chi connectivity index (χ3v) is 5.06. The Morgan fingerprint density at radius 2 is 2.00 bits per heavy atom. The SMILES string of the molecule is Clc1ccc(-c2nnc(NC[C@@H]3CCCO3)c3cscc23)cc1. The molecule has 1 saturated heterocycles. The number of aromatic nitrogens is 2. The molecule has 0 aliphatic carbocycles. The highest BCUT2D eigenvalue weighted by Gasteiger charge is 2.17. The van der Waals surface area contributed by atoms with Crippen LogP contribution in [0.5, 0.6) is 0 Å². The Kier molecular flexibility index (Phi) is 4.16. The van der Waals surface area contributed by atoms with Gasteiger partial charge in [0.2, 0.25) is 0 Å². The highest BCUT2D eigenvalue weighted by molar-refractivity contribution is 7.09. The minimum atomic E-state index is 0.279. The van der Waals surface area contributed by atoms with Crippen molar-refractivity contribution in [1.82, 2.24) is 10.2 Å². The van der Waals surface area contributed by atoms with E-state index in [1.807, 2.05) is 24.3 Å². The fourth-order valence-electron chi connectivity index (χ4n) is 2.84. The number of thiophene rings is 1. The second-order valence-electron chi connectivity index (χ2n) is 5.62. The van der Waals surface area contributed by atoms with E-state index < -0.39 is 0 Å². The molecule has 1 aromatic carbocycles. The second-order valence-corrected chi connectivity index (χ2v) is 6.80. The van der Waals surface area contributed by atoms with Crippen LogP contribution in [0.4, 0.5) is 5.82 Å². The van der Waals surface area contributed by atoms with Crippen LogP contribution in [0.25, 0.3) is 22.0 Å². The summed E-state index contributed by atoms with van der Waals surface area (Å²) in [6.45, 7) is 1.64. The van der Waals surface area contributed by atoms with Gasteiger partial charge in [0.1, 0.15) is 5.69 Å². The molecule has 23 heavy (non-hydrogen) atoms. The molecule has 0 amide bonds. The molecule has 118 valence electrons. The number of nitrogens with zero attached hydrogens (tertiary/aromatic N) is 2. The van der Waals surface area contributed by atoms with E-state index in [0.29, 0.717) is 0 Å². The van der Waals surface area contributed by atoms with Crippen LogP contribution in [0.2, 0.25) is 5.02 Å². The minimum absolute atomic E-state index is 0.279. The molecule has 0 unspecified atom stereocenters. The molecule has 1 aliphatic rings. The van der Waals surface area contributed by atoms with E-state index in [-0.39, 0.29) is 6.10 Å². The summed E-state index contributed by atoms with van der Waals surface area (Å²) >= 11 is 7.63. The average Bonchev–Trinajstić information content (AvgIpc) is 3.25. The van der Waals surface area contributed by atoms with Crippen molar-refractivity contribution in [3.05, 3.63) is 40.0 Å². The van der Waals surface area contributed by atoms with Crippen LogP contribution in [-0.4, -0.2) is 29.5 Å². The summed E-state index contributed by atoms with van der Waals surface area (Å²) < 4.78 is 5.65. The van der Waals surface area contributed by atoms with E-state index in [2.05, 4.69) is 26.3 Å². The molecule has 2 aromatic heterocycles. The molecule has 0 spiro atoms. The maximum absolute atomic E-state index is 5.97. The maximum Gasteiger partial charge on any atom is 0.157 e. The number of hydrogen-bond acceptors (Lipinski definition) is 5. The van der Waals surface area contributed by atoms with Gasteiger partial charge in [-0.2, -0.15) is 11.3 Å². The summed E-state index contributed by atoms with van der Waals surface area (Å²) in [6.07, 6.45) is 2.53. The lowest BCUT2D eigenvalue weighted by Gasteiger charge is -2.12. The van der Waals surface area contributed by atoms with Crippen LogP contribution in [0.3, 0.4) is 0 Å². The van der Waals surface area contributed by atoms with Crippen molar-refractivity contribution in [3.63, 3.8) is 0 Å². The van der Waals surface area contributed by atoms with Crippen LogP contribution >= 0.6 is 22.9 Å². The smallest absolute Gasteiger partial charge is 0.157 e. The first-order valence-electron chi connectivity index (χ1n) is 7.65. The van der Waals surface area contributed by atoms with Crippen LogP contribution in [0.1, 0.15) is 12.8 Å². The molecular formula is C17H16ClN3OS. The molecule has 4 nitrogen and oxygen atoms in total. The predicted molar refractivity (Wildman–Crippen MR) is 95.3 cm³/mol. The molecule has 1 atom stereocenters. The number of benzene rings is 1. The normalized spacial score (nSPS) is 17.7. The van der Waals surface area contributed by atoms with E-state index in [0.717, 1.165) is 58.9 Å². The summed E-state index contributed by atoms with van der Waals surface area (Å²) in [6, 6.07) is 7.70. The van der Waals surface area contributed by atoms with E-state index in [4.69, 9.17) is 16.3 Å². The zero-order valence-corrected chi connectivity index (χ0v) is 14.0. The van der Waals surface area contributed by atoms with Crippen molar-refractivity contribution in [2.24, 2.45) is 0 Å². The van der Waals surface area contributed by atoms with Crippen LogP contribution in [0, 0.1) is 0 Å². The monoisotopic (exact) mass is 345 g/mol. The Hall–Kier alpha value is -1.69. The van der Waals surface area contributed by atoms with Gasteiger partial charge in [0.15, 0.2) is 5.82 Å². The fraction of sp³-hybridized carbons (Fsp3) is 0.294. The molecule has 1 aliphatic heterocycles. The van der Waals surface area contributed by atoms with Gasteiger partial charge >= 0.3 is 0 Å². The highest BCUT2D eigenvalue weighted by Crippen LogP contribution is 2.33. The van der Waals surface area contributed by atoms with Gasteiger partial charge in [0.25, 0.3) is 0 Å². The summed E-state index contributed by atoms with van der Waals surface area (Å²) in [4.78, 5) is 0. The number of hydrogen-bond donors (Lipinski definition) is 1.